The molecule has 0 bridgehead atoms. The zero-order valence-electron chi connectivity index (χ0n) is 15.1. The fraction of sp³-hybridized carbons (Fsp3) is 0.632. The summed E-state index contributed by atoms with van der Waals surface area (Å²) in [5.74, 6) is 0.900. The number of methoxy groups -OCH3 is 1. The lowest BCUT2D eigenvalue weighted by Gasteiger charge is -2.34. The molecular weight excluding hydrogens is 302 g/mol. The molecular formula is C19H31N3O2. The van der Waals surface area contributed by atoms with Crippen molar-refractivity contribution < 1.29 is 9.53 Å². The van der Waals surface area contributed by atoms with Crippen LogP contribution >= 0.6 is 0 Å². The number of benzene rings is 1. The molecule has 134 valence electrons. The minimum absolute atomic E-state index is 0.0981. The van der Waals surface area contributed by atoms with Gasteiger partial charge in [-0.2, -0.15) is 0 Å². The van der Waals surface area contributed by atoms with Crippen molar-refractivity contribution in [3.63, 3.8) is 0 Å². The van der Waals surface area contributed by atoms with Gasteiger partial charge >= 0.3 is 6.03 Å². The topological polar surface area (TPSA) is 44.8 Å². The standard InChI is InChI=1S/C19H31N3O2/c1-3-4-5-11-20-19(23)22-15-13-21(14-16-22)12-10-17-6-8-18(24-2)9-7-17/h6-9H,3-5,10-16H2,1-2H3,(H,20,23). The van der Waals surface area contributed by atoms with Crippen molar-refractivity contribution in [2.45, 2.75) is 32.6 Å². The average molecular weight is 333 g/mol. The van der Waals surface area contributed by atoms with Gasteiger partial charge in [0.05, 0.1) is 7.11 Å². The van der Waals surface area contributed by atoms with Crippen LogP contribution in [-0.2, 0) is 6.42 Å². The zero-order valence-corrected chi connectivity index (χ0v) is 15.1. The van der Waals surface area contributed by atoms with Crippen LogP contribution < -0.4 is 10.1 Å². The highest BCUT2D eigenvalue weighted by atomic mass is 16.5. The minimum atomic E-state index is 0.0981. The Labute approximate surface area is 146 Å². The van der Waals surface area contributed by atoms with E-state index in [-0.39, 0.29) is 6.03 Å². The Morgan fingerprint density at radius 2 is 1.83 bits per heavy atom. The molecule has 0 saturated carbocycles. The molecule has 0 atom stereocenters. The van der Waals surface area contributed by atoms with Crippen molar-refractivity contribution in [1.29, 1.82) is 0 Å². The van der Waals surface area contributed by atoms with Crippen LogP contribution in [0.3, 0.4) is 0 Å². The molecule has 0 aromatic heterocycles. The molecule has 1 aromatic carbocycles. The molecule has 1 saturated heterocycles. The number of piperazine rings is 1. The SMILES string of the molecule is CCCCCNC(=O)N1CCN(CCc2ccc(OC)cc2)CC1. The van der Waals surface area contributed by atoms with E-state index in [1.807, 2.05) is 17.0 Å². The molecule has 2 rings (SSSR count). The number of urea groups is 1. The van der Waals surface area contributed by atoms with Gasteiger partial charge in [0.15, 0.2) is 0 Å². The lowest BCUT2D eigenvalue weighted by Crippen LogP contribution is -2.52. The maximum absolute atomic E-state index is 12.1. The molecule has 0 spiro atoms. The molecule has 5 nitrogen and oxygen atoms in total. The average Bonchev–Trinajstić information content (AvgIpc) is 2.64. The van der Waals surface area contributed by atoms with Crippen LogP contribution in [0.15, 0.2) is 24.3 Å². The number of amides is 2. The van der Waals surface area contributed by atoms with Crippen LogP contribution in [0.1, 0.15) is 31.7 Å². The molecule has 2 amide bonds. The molecule has 0 unspecified atom stereocenters. The van der Waals surface area contributed by atoms with Gasteiger partial charge in [-0.3, -0.25) is 4.90 Å². The number of unbranched alkanes of at least 4 members (excludes halogenated alkanes) is 2. The third-order valence-corrected chi connectivity index (χ3v) is 4.59. The highest BCUT2D eigenvalue weighted by Gasteiger charge is 2.20. The van der Waals surface area contributed by atoms with E-state index in [2.05, 4.69) is 29.3 Å². The number of hydrogen-bond donors (Lipinski definition) is 1. The summed E-state index contributed by atoms with van der Waals surface area (Å²) in [7, 11) is 1.69. The van der Waals surface area contributed by atoms with E-state index in [0.29, 0.717) is 0 Å². The number of carbonyl (C=O) groups is 1. The van der Waals surface area contributed by atoms with E-state index < -0.39 is 0 Å². The highest BCUT2D eigenvalue weighted by Crippen LogP contribution is 2.12. The zero-order chi connectivity index (χ0) is 17.2. The first kappa shape index (κ1) is 18.6. The van der Waals surface area contributed by atoms with Crippen molar-refractivity contribution in [3.8, 4) is 5.75 Å². The van der Waals surface area contributed by atoms with Gasteiger partial charge in [-0.1, -0.05) is 31.9 Å². The Morgan fingerprint density at radius 3 is 2.46 bits per heavy atom. The Hall–Kier alpha value is -1.75. The molecule has 0 radical (unpaired) electrons. The quantitative estimate of drug-likeness (QED) is 0.744. The van der Waals surface area contributed by atoms with Gasteiger partial charge < -0.3 is 15.0 Å². The summed E-state index contributed by atoms with van der Waals surface area (Å²) in [4.78, 5) is 16.5. The molecule has 1 aliphatic heterocycles. The second-order valence-electron chi connectivity index (χ2n) is 6.37. The van der Waals surface area contributed by atoms with Gasteiger partial charge in [0.2, 0.25) is 0 Å². The van der Waals surface area contributed by atoms with Crippen LogP contribution in [-0.4, -0.2) is 62.2 Å². The monoisotopic (exact) mass is 333 g/mol. The van der Waals surface area contributed by atoms with E-state index in [1.54, 1.807) is 7.11 Å². The molecule has 1 aromatic rings. The maximum atomic E-state index is 12.1. The molecule has 1 aliphatic rings. The summed E-state index contributed by atoms with van der Waals surface area (Å²) in [6.45, 7) is 7.57. The lowest BCUT2D eigenvalue weighted by molar-refractivity contribution is 0.140. The summed E-state index contributed by atoms with van der Waals surface area (Å²) >= 11 is 0. The lowest BCUT2D eigenvalue weighted by atomic mass is 10.1. The van der Waals surface area contributed by atoms with Gasteiger partial charge in [-0.15, -0.1) is 0 Å². The summed E-state index contributed by atoms with van der Waals surface area (Å²) in [6.07, 6.45) is 4.47. The summed E-state index contributed by atoms with van der Waals surface area (Å²) < 4.78 is 5.19. The van der Waals surface area contributed by atoms with Crippen molar-refractivity contribution >= 4 is 6.03 Å². The van der Waals surface area contributed by atoms with E-state index in [9.17, 15) is 4.79 Å². The van der Waals surface area contributed by atoms with Crippen LogP contribution in [0.5, 0.6) is 5.75 Å². The number of hydrogen-bond acceptors (Lipinski definition) is 3. The van der Waals surface area contributed by atoms with Crippen LogP contribution in [0.4, 0.5) is 4.79 Å². The Morgan fingerprint density at radius 1 is 1.12 bits per heavy atom. The molecule has 24 heavy (non-hydrogen) atoms. The highest BCUT2D eigenvalue weighted by molar-refractivity contribution is 5.74. The maximum Gasteiger partial charge on any atom is 0.317 e. The van der Waals surface area contributed by atoms with E-state index in [4.69, 9.17) is 4.74 Å². The van der Waals surface area contributed by atoms with Crippen molar-refractivity contribution in [2.24, 2.45) is 0 Å². The van der Waals surface area contributed by atoms with E-state index >= 15 is 0 Å². The van der Waals surface area contributed by atoms with Gasteiger partial charge in [0, 0.05) is 39.3 Å². The van der Waals surface area contributed by atoms with Gasteiger partial charge in [-0.25, -0.2) is 4.79 Å². The Balaban J connectivity index is 1.64. The molecule has 5 heteroatoms. The fourth-order valence-corrected chi connectivity index (χ4v) is 2.94. The summed E-state index contributed by atoms with van der Waals surface area (Å²) in [6, 6.07) is 8.37. The summed E-state index contributed by atoms with van der Waals surface area (Å²) in [5, 5.41) is 3.03. The van der Waals surface area contributed by atoms with Gasteiger partial charge in [0.1, 0.15) is 5.75 Å². The Bertz CT molecular complexity index is 482. The second-order valence-corrected chi connectivity index (χ2v) is 6.37. The van der Waals surface area contributed by atoms with Crippen LogP contribution in [0, 0.1) is 0 Å². The summed E-state index contributed by atoms with van der Waals surface area (Å²) in [5.41, 5.74) is 1.33. The molecule has 1 heterocycles. The number of ether oxygens (including phenoxy) is 1. The first-order chi connectivity index (χ1) is 11.7. The van der Waals surface area contributed by atoms with E-state index in [0.717, 1.165) is 57.9 Å². The van der Waals surface area contributed by atoms with Crippen molar-refractivity contribution in [2.75, 3.05) is 46.4 Å². The third-order valence-electron chi connectivity index (χ3n) is 4.59. The second kappa shape index (κ2) is 10.2. The van der Waals surface area contributed by atoms with Crippen LogP contribution in [0.2, 0.25) is 0 Å². The number of carbonyl (C=O) groups excluding carboxylic acids is 1. The third kappa shape index (κ3) is 6.04. The molecule has 1 N–H and O–H groups in total. The number of nitrogens with one attached hydrogen (secondary N) is 1. The predicted octanol–water partition coefficient (Wildman–Crippen LogP) is 2.76. The smallest absolute Gasteiger partial charge is 0.317 e. The number of nitrogens with zero attached hydrogens (tertiary/aromatic N) is 2. The number of rotatable bonds is 8. The van der Waals surface area contributed by atoms with Crippen molar-refractivity contribution in [1.82, 2.24) is 15.1 Å². The van der Waals surface area contributed by atoms with E-state index in [1.165, 1.54) is 18.4 Å². The minimum Gasteiger partial charge on any atom is -0.497 e. The normalized spacial score (nSPS) is 15.3. The largest absolute Gasteiger partial charge is 0.497 e. The van der Waals surface area contributed by atoms with Gasteiger partial charge in [-0.05, 0) is 30.5 Å². The molecule has 0 aliphatic carbocycles. The van der Waals surface area contributed by atoms with Crippen LogP contribution in [0.25, 0.3) is 0 Å². The molecule has 1 fully saturated rings. The predicted molar refractivity (Wildman–Crippen MR) is 97.6 cm³/mol. The van der Waals surface area contributed by atoms with Gasteiger partial charge in [0.25, 0.3) is 0 Å². The first-order valence-corrected chi connectivity index (χ1v) is 9.11. The fourth-order valence-electron chi connectivity index (χ4n) is 2.94. The first-order valence-electron chi connectivity index (χ1n) is 9.11. The Kier molecular flexibility index (Phi) is 7.89. The van der Waals surface area contributed by atoms with Crippen molar-refractivity contribution in [3.05, 3.63) is 29.8 Å².